The summed E-state index contributed by atoms with van der Waals surface area (Å²) in [7, 11) is -3.94. The molecule has 2 aromatic heterocycles. The highest BCUT2D eigenvalue weighted by molar-refractivity contribution is 9.10. The second-order valence-electron chi connectivity index (χ2n) is 5.32. The van der Waals surface area contributed by atoms with Gasteiger partial charge in [-0.15, -0.1) is 15.3 Å². The van der Waals surface area contributed by atoms with Gasteiger partial charge >= 0.3 is 5.82 Å². The third kappa shape index (κ3) is 4.67. The van der Waals surface area contributed by atoms with Crippen LogP contribution in [0, 0.1) is 10.1 Å². The van der Waals surface area contributed by atoms with E-state index >= 15 is 0 Å². The fraction of sp³-hybridized carbons (Fsp3) is 0. The first kappa shape index (κ1) is 20.6. The number of aromatic nitrogens is 4. The van der Waals surface area contributed by atoms with E-state index in [0.717, 1.165) is 0 Å². The molecule has 0 aliphatic carbocycles. The minimum Gasteiger partial charge on any atom is -0.358 e. The van der Waals surface area contributed by atoms with Gasteiger partial charge in [0.15, 0.2) is 16.7 Å². The van der Waals surface area contributed by atoms with Gasteiger partial charge in [0.05, 0.1) is 4.90 Å². The molecular weight excluding hydrogens is 494 g/mol. The molecule has 150 valence electrons. The molecule has 0 saturated heterocycles. The van der Waals surface area contributed by atoms with Crippen LogP contribution in [0.15, 0.2) is 45.8 Å². The van der Waals surface area contributed by atoms with Gasteiger partial charge in [-0.25, -0.2) is 8.42 Å². The monoisotopic (exact) mass is 501 g/mol. The van der Waals surface area contributed by atoms with Gasteiger partial charge in [0.2, 0.25) is 0 Å². The zero-order valence-corrected chi connectivity index (χ0v) is 17.1. The van der Waals surface area contributed by atoms with Crippen LogP contribution in [-0.4, -0.2) is 39.6 Å². The van der Waals surface area contributed by atoms with Crippen molar-refractivity contribution in [1.82, 2.24) is 20.4 Å². The van der Waals surface area contributed by atoms with Crippen molar-refractivity contribution in [2.75, 3.05) is 10.0 Å². The number of sulfonamides is 1. The minimum absolute atomic E-state index is 0.0169. The molecule has 12 nitrogen and oxygen atoms in total. The number of hydrogen-bond acceptors (Lipinski definition) is 8. The summed E-state index contributed by atoms with van der Waals surface area (Å²) in [5.41, 5.74) is 0.0224. The molecule has 0 atom stereocenters. The van der Waals surface area contributed by atoms with E-state index in [1.807, 2.05) is 0 Å². The zero-order valence-electron chi connectivity index (χ0n) is 14.0. The molecule has 3 N–H and O–H groups in total. The van der Waals surface area contributed by atoms with E-state index in [9.17, 15) is 23.3 Å². The van der Waals surface area contributed by atoms with Crippen LogP contribution in [-0.2, 0) is 10.0 Å². The predicted octanol–water partition coefficient (Wildman–Crippen LogP) is 2.58. The van der Waals surface area contributed by atoms with Gasteiger partial charge in [-0.05, 0) is 57.3 Å². The molecule has 2 heterocycles. The Morgan fingerprint density at radius 1 is 1.17 bits per heavy atom. The molecule has 0 saturated carbocycles. The highest BCUT2D eigenvalue weighted by Crippen LogP contribution is 2.26. The number of nitrogens with zero attached hydrogens (tertiary/aromatic N) is 4. The van der Waals surface area contributed by atoms with Gasteiger partial charge in [0, 0.05) is 5.69 Å². The Hall–Kier alpha value is -3.10. The molecule has 0 aliphatic rings. The van der Waals surface area contributed by atoms with E-state index in [1.165, 1.54) is 36.4 Å². The van der Waals surface area contributed by atoms with Crippen LogP contribution >= 0.6 is 27.5 Å². The van der Waals surface area contributed by atoms with E-state index in [2.05, 4.69) is 46.4 Å². The standard InChI is InChI=1S/C14H9BrClN7O5S/c15-11-12(20-21-13(11)23(25)26)14(24)17-7-1-3-8(4-2-7)29(27,28)22-10-6-5-9(16)18-19-10/h1-6H,(H,17,24)(H,19,22)(H,20,21). The molecule has 3 aromatic rings. The number of carbonyl (C=O) groups excluding carboxylic acids is 1. The van der Waals surface area contributed by atoms with Crippen molar-refractivity contribution in [2.45, 2.75) is 4.90 Å². The molecule has 1 aromatic carbocycles. The molecule has 0 bridgehead atoms. The summed E-state index contributed by atoms with van der Waals surface area (Å²) in [4.78, 5) is 22.2. The first-order valence-corrected chi connectivity index (χ1v) is 10.1. The van der Waals surface area contributed by atoms with Gasteiger partial charge in [-0.2, -0.15) is 0 Å². The Labute approximate surface area is 176 Å². The topological polar surface area (TPSA) is 173 Å². The summed E-state index contributed by atoms with van der Waals surface area (Å²) in [6.45, 7) is 0. The number of anilines is 2. The Balaban J connectivity index is 1.73. The fourth-order valence-electron chi connectivity index (χ4n) is 2.07. The molecule has 0 radical (unpaired) electrons. The lowest BCUT2D eigenvalue weighted by atomic mass is 10.3. The van der Waals surface area contributed by atoms with Crippen molar-refractivity contribution in [3.05, 3.63) is 61.8 Å². The molecule has 29 heavy (non-hydrogen) atoms. The van der Waals surface area contributed by atoms with Crippen LogP contribution in [0.4, 0.5) is 17.3 Å². The van der Waals surface area contributed by atoms with Crippen LogP contribution in [0.2, 0.25) is 5.15 Å². The Bertz CT molecular complexity index is 1180. The van der Waals surface area contributed by atoms with Crippen LogP contribution < -0.4 is 10.0 Å². The van der Waals surface area contributed by atoms with Crippen molar-refractivity contribution in [3.63, 3.8) is 0 Å². The number of nitro groups is 1. The molecule has 0 unspecified atom stereocenters. The average molecular weight is 503 g/mol. The van der Waals surface area contributed by atoms with E-state index in [-0.39, 0.29) is 31.7 Å². The minimum atomic E-state index is -3.94. The van der Waals surface area contributed by atoms with Crippen LogP contribution in [0.25, 0.3) is 0 Å². The van der Waals surface area contributed by atoms with Crippen molar-refractivity contribution >= 4 is 60.8 Å². The number of H-pyrrole nitrogens is 1. The summed E-state index contributed by atoms with van der Waals surface area (Å²) in [6, 6.07) is 7.92. The summed E-state index contributed by atoms with van der Waals surface area (Å²) >= 11 is 8.54. The summed E-state index contributed by atoms with van der Waals surface area (Å²) < 4.78 is 26.9. The molecule has 0 fully saturated rings. The largest absolute Gasteiger partial charge is 0.358 e. The number of halogens is 2. The maximum absolute atomic E-state index is 12.4. The third-order valence-electron chi connectivity index (χ3n) is 3.38. The second-order valence-corrected chi connectivity index (χ2v) is 8.18. The second kappa shape index (κ2) is 8.10. The summed E-state index contributed by atoms with van der Waals surface area (Å²) in [5, 5.41) is 26.2. The van der Waals surface area contributed by atoms with Crippen LogP contribution in [0.1, 0.15) is 10.5 Å². The number of hydrogen-bond donors (Lipinski definition) is 3. The molecule has 1 amide bonds. The fourth-order valence-corrected chi connectivity index (χ4v) is 3.66. The van der Waals surface area contributed by atoms with Gasteiger partial charge < -0.3 is 15.4 Å². The Morgan fingerprint density at radius 3 is 2.41 bits per heavy atom. The Kier molecular flexibility index (Phi) is 5.76. The van der Waals surface area contributed by atoms with Crippen molar-refractivity contribution in [3.8, 4) is 0 Å². The molecule has 3 rings (SSSR count). The van der Waals surface area contributed by atoms with Crippen LogP contribution in [0.3, 0.4) is 0 Å². The maximum Gasteiger partial charge on any atom is 0.357 e. The number of carbonyl (C=O) groups is 1. The molecule has 0 spiro atoms. The first-order valence-electron chi connectivity index (χ1n) is 7.49. The summed E-state index contributed by atoms with van der Waals surface area (Å²) in [5.74, 6) is -1.21. The predicted molar refractivity (Wildman–Crippen MR) is 105 cm³/mol. The van der Waals surface area contributed by atoms with E-state index in [1.54, 1.807) is 0 Å². The number of amides is 1. The van der Waals surface area contributed by atoms with Crippen molar-refractivity contribution in [1.29, 1.82) is 0 Å². The number of benzene rings is 1. The lowest BCUT2D eigenvalue weighted by Gasteiger charge is -2.08. The van der Waals surface area contributed by atoms with E-state index in [4.69, 9.17) is 11.6 Å². The van der Waals surface area contributed by atoms with Gasteiger partial charge in [-0.1, -0.05) is 16.7 Å². The van der Waals surface area contributed by atoms with Gasteiger partial charge in [-0.3, -0.25) is 9.52 Å². The van der Waals surface area contributed by atoms with Crippen molar-refractivity contribution in [2.24, 2.45) is 0 Å². The lowest BCUT2D eigenvalue weighted by Crippen LogP contribution is -2.15. The lowest BCUT2D eigenvalue weighted by molar-refractivity contribution is -0.390. The highest BCUT2D eigenvalue weighted by atomic mass is 79.9. The van der Waals surface area contributed by atoms with E-state index in [0.29, 0.717) is 0 Å². The SMILES string of the molecule is O=C(Nc1ccc(S(=O)(=O)Nc2ccc(Cl)nn2)cc1)c1n[nH]c([N+](=O)[O-])c1Br. The number of rotatable bonds is 6. The van der Waals surface area contributed by atoms with Crippen LogP contribution in [0.5, 0.6) is 0 Å². The quantitative estimate of drug-likeness (QED) is 0.340. The normalized spacial score (nSPS) is 11.1. The van der Waals surface area contributed by atoms with Gasteiger partial charge in [0.1, 0.15) is 4.47 Å². The first-order chi connectivity index (χ1) is 13.7. The summed E-state index contributed by atoms with van der Waals surface area (Å²) in [6.07, 6.45) is 0. The smallest absolute Gasteiger partial charge is 0.357 e. The number of nitrogens with one attached hydrogen (secondary N) is 3. The maximum atomic E-state index is 12.4. The van der Waals surface area contributed by atoms with Gasteiger partial charge in [0.25, 0.3) is 15.9 Å². The third-order valence-corrected chi connectivity index (χ3v) is 5.70. The van der Waals surface area contributed by atoms with E-state index < -0.39 is 26.7 Å². The average Bonchev–Trinajstić information content (AvgIpc) is 3.06. The zero-order chi connectivity index (χ0) is 21.2. The molecule has 15 heteroatoms. The molecule has 0 aliphatic heterocycles. The van der Waals surface area contributed by atoms with Crippen molar-refractivity contribution < 1.29 is 18.1 Å². The molecular formula is C14H9BrClN7O5S. The highest BCUT2D eigenvalue weighted by Gasteiger charge is 2.25. The number of aromatic amines is 1. The Morgan fingerprint density at radius 2 is 1.86 bits per heavy atom.